The number of aromatic nitrogens is 4. The van der Waals surface area contributed by atoms with Crippen molar-refractivity contribution in [2.45, 2.75) is 11.3 Å². The van der Waals surface area contributed by atoms with E-state index in [4.69, 9.17) is 0 Å². The van der Waals surface area contributed by atoms with Gasteiger partial charge >= 0.3 is 0 Å². The largest absolute Gasteiger partial charge is 0.358 e. The SMILES string of the molecule is Cc1ccc(NSc2nc(-c3ccn[nH]3)cs2)c2[nH]cc(C#N)c12. The minimum atomic E-state index is 0.659. The van der Waals surface area contributed by atoms with Crippen LogP contribution in [0.15, 0.2) is 40.3 Å². The van der Waals surface area contributed by atoms with E-state index < -0.39 is 0 Å². The molecule has 3 N–H and O–H groups in total. The van der Waals surface area contributed by atoms with E-state index in [0.717, 1.165) is 37.9 Å². The molecule has 0 saturated carbocycles. The van der Waals surface area contributed by atoms with Gasteiger partial charge in [0.1, 0.15) is 11.8 Å². The molecule has 0 aliphatic heterocycles. The van der Waals surface area contributed by atoms with Gasteiger partial charge < -0.3 is 9.71 Å². The van der Waals surface area contributed by atoms with E-state index in [9.17, 15) is 5.26 Å². The van der Waals surface area contributed by atoms with E-state index >= 15 is 0 Å². The fourth-order valence-corrected chi connectivity index (χ4v) is 4.03. The molecule has 0 aliphatic rings. The predicted molar refractivity (Wildman–Crippen MR) is 96.9 cm³/mol. The molecule has 0 fully saturated rings. The van der Waals surface area contributed by atoms with Crippen molar-refractivity contribution in [2.75, 3.05) is 4.72 Å². The Balaban J connectivity index is 1.59. The number of H-pyrrole nitrogens is 2. The van der Waals surface area contributed by atoms with Gasteiger partial charge in [0, 0.05) is 35.1 Å². The molecule has 0 saturated heterocycles. The van der Waals surface area contributed by atoms with Gasteiger partial charge in [-0.25, -0.2) is 4.98 Å². The molecule has 8 heteroatoms. The van der Waals surface area contributed by atoms with Crippen molar-refractivity contribution in [3.8, 4) is 17.5 Å². The van der Waals surface area contributed by atoms with Gasteiger partial charge in [0.2, 0.25) is 0 Å². The third-order valence-electron chi connectivity index (χ3n) is 3.67. The third-order valence-corrected chi connectivity index (χ3v) is 5.43. The molecule has 118 valence electrons. The maximum atomic E-state index is 9.23. The molecule has 3 aromatic heterocycles. The molecule has 0 spiro atoms. The molecule has 0 aliphatic carbocycles. The maximum Gasteiger partial charge on any atom is 0.171 e. The number of anilines is 1. The number of nitriles is 1. The van der Waals surface area contributed by atoms with Gasteiger partial charge in [-0.15, -0.1) is 11.3 Å². The number of hydrogen-bond acceptors (Lipinski definition) is 6. The summed E-state index contributed by atoms with van der Waals surface area (Å²) < 4.78 is 4.23. The monoisotopic (exact) mass is 352 g/mol. The number of fused-ring (bicyclic) bond motifs is 1. The predicted octanol–water partition coefficient (Wildman–Crippen LogP) is 4.31. The summed E-state index contributed by atoms with van der Waals surface area (Å²) >= 11 is 3.01. The molecule has 3 heterocycles. The summed E-state index contributed by atoms with van der Waals surface area (Å²) in [7, 11) is 0. The molecule has 4 rings (SSSR count). The Morgan fingerprint density at radius 3 is 3.04 bits per heavy atom. The minimum absolute atomic E-state index is 0.659. The standard InChI is InChI=1S/C16H12N6S2/c1-9-2-3-12(15-14(9)10(6-17)7-18-15)22-24-16-20-13(8-23-16)11-4-5-19-21-11/h2-5,7-8,18,22H,1H3,(H,19,21). The third kappa shape index (κ3) is 2.54. The first-order valence-corrected chi connectivity index (χ1v) is 8.85. The molecular weight excluding hydrogens is 340 g/mol. The van der Waals surface area contributed by atoms with Crippen LogP contribution >= 0.6 is 23.3 Å². The lowest BCUT2D eigenvalue weighted by molar-refractivity contribution is 1.08. The van der Waals surface area contributed by atoms with Gasteiger partial charge in [0.25, 0.3) is 0 Å². The number of aromatic amines is 2. The van der Waals surface area contributed by atoms with Crippen molar-refractivity contribution in [3.63, 3.8) is 0 Å². The fourth-order valence-electron chi connectivity index (χ4n) is 2.52. The van der Waals surface area contributed by atoms with Crippen molar-refractivity contribution in [1.82, 2.24) is 20.2 Å². The summed E-state index contributed by atoms with van der Waals surface area (Å²) in [5.74, 6) is 0. The normalized spacial score (nSPS) is 10.8. The first kappa shape index (κ1) is 14.8. The molecule has 4 aromatic rings. The van der Waals surface area contributed by atoms with Crippen LogP contribution in [0.2, 0.25) is 0 Å². The van der Waals surface area contributed by atoms with Crippen LogP contribution in [0.1, 0.15) is 11.1 Å². The molecule has 0 radical (unpaired) electrons. The molecule has 6 nitrogen and oxygen atoms in total. The first-order valence-electron chi connectivity index (χ1n) is 7.15. The van der Waals surface area contributed by atoms with E-state index in [0.29, 0.717) is 5.56 Å². The number of nitrogens with zero attached hydrogens (tertiary/aromatic N) is 3. The quantitative estimate of drug-likeness (QED) is 0.476. The van der Waals surface area contributed by atoms with E-state index in [-0.39, 0.29) is 0 Å². The Morgan fingerprint density at radius 1 is 1.33 bits per heavy atom. The zero-order valence-corrected chi connectivity index (χ0v) is 14.3. The van der Waals surface area contributed by atoms with E-state index in [2.05, 4.69) is 31.0 Å². The fraction of sp³-hybridized carbons (Fsp3) is 0.0625. The zero-order chi connectivity index (χ0) is 16.5. The Bertz CT molecular complexity index is 1040. The van der Waals surface area contributed by atoms with Crippen LogP contribution in [-0.2, 0) is 0 Å². The second-order valence-corrected chi connectivity index (χ2v) is 7.08. The average Bonchev–Trinajstić information content (AvgIpc) is 3.33. The van der Waals surface area contributed by atoms with Crippen molar-refractivity contribution in [1.29, 1.82) is 5.26 Å². The summed E-state index contributed by atoms with van der Waals surface area (Å²) in [5, 5.41) is 19.0. The van der Waals surface area contributed by atoms with E-state index in [1.54, 1.807) is 23.7 Å². The van der Waals surface area contributed by atoms with Crippen LogP contribution in [0, 0.1) is 18.3 Å². The highest BCUT2D eigenvalue weighted by atomic mass is 32.2. The maximum absolute atomic E-state index is 9.23. The smallest absolute Gasteiger partial charge is 0.171 e. The van der Waals surface area contributed by atoms with Gasteiger partial charge in [-0.3, -0.25) is 5.10 Å². The van der Waals surface area contributed by atoms with Gasteiger partial charge in [-0.1, -0.05) is 6.07 Å². The summed E-state index contributed by atoms with van der Waals surface area (Å²) in [6, 6.07) is 8.13. The Morgan fingerprint density at radius 2 is 2.25 bits per heavy atom. The molecule has 1 aromatic carbocycles. The van der Waals surface area contributed by atoms with Crippen LogP contribution in [-0.4, -0.2) is 20.2 Å². The van der Waals surface area contributed by atoms with Gasteiger partial charge in [0.05, 0.1) is 22.5 Å². The minimum Gasteiger partial charge on any atom is -0.358 e. The van der Waals surface area contributed by atoms with Crippen molar-refractivity contribution in [3.05, 3.63) is 47.1 Å². The Hall–Kier alpha value is -2.76. The zero-order valence-electron chi connectivity index (χ0n) is 12.6. The molecule has 0 bridgehead atoms. The van der Waals surface area contributed by atoms with Crippen LogP contribution in [0.4, 0.5) is 5.69 Å². The molecule has 0 atom stereocenters. The van der Waals surface area contributed by atoms with Crippen molar-refractivity contribution >= 4 is 39.9 Å². The van der Waals surface area contributed by atoms with Crippen LogP contribution in [0.25, 0.3) is 22.3 Å². The first-order chi connectivity index (χ1) is 11.8. The molecule has 24 heavy (non-hydrogen) atoms. The highest BCUT2D eigenvalue weighted by Gasteiger charge is 2.11. The summed E-state index contributed by atoms with van der Waals surface area (Å²) in [5.41, 5.74) is 5.38. The van der Waals surface area contributed by atoms with Crippen LogP contribution in [0.3, 0.4) is 0 Å². The highest BCUT2D eigenvalue weighted by Crippen LogP contribution is 2.33. The Labute approximate surface area is 146 Å². The molecular formula is C16H12N6S2. The summed E-state index contributed by atoms with van der Waals surface area (Å²) in [4.78, 5) is 7.76. The number of thiazole rings is 1. The summed E-state index contributed by atoms with van der Waals surface area (Å²) in [6.07, 6.45) is 3.45. The van der Waals surface area contributed by atoms with E-state index in [1.807, 2.05) is 30.5 Å². The van der Waals surface area contributed by atoms with E-state index in [1.165, 1.54) is 11.9 Å². The van der Waals surface area contributed by atoms with Gasteiger partial charge in [-0.05, 0) is 24.6 Å². The van der Waals surface area contributed by atoms with Crippen molar-refractivity contribution in [2.24, 2.45) is 0 Å². The topological polar surface area (TPSA) is 93.2 Å². The van der Waals surface area contributed by atoms with Crippen molar-refractivity contribution < 1.29 is 0 Å². The lowest BCUT2D eigenvalue weighted by Gasteiger charge is -2.06. The second kappa shape index (κ2) is 6.03. The summed E-state index contributed by atoms with van der Waals surface area (Å²) in [6.45, 7) is 2.01. The van der Waals surface area contributed by atoms with Gasteiger partial charge in [-0.2, -0.15) is 10.4 Å². The number of hydrogen-bond donors (Lipinski definition) is 3. The number of rotatable bonds is 4. The lowest BCUT2D eigenvalue weighted by Crippen LogP contribution is -1.89. The second-order valence-electron chi connectivity index (χ2n) is 5.17. The highest BCUT2D eigenvalue weighted by molar-refractivity contribution is 8.02. The Kier molecular flexibility index (Phi) is 3.72. The molecule has 0 amide bonds. The van der Waals surface area contributed by atoms with Gasteiger partial charge in [0.15, 0.2) is 4.34 Å². The number of nitrogens with one attached hydrogen (secondary N) is 3. The number of benzene rings is 1. The lowest BCUT2D eigenvalue weighted by atomic mass is 10.1. The average molecular weight is 352 g/mol. The van der Waals surface area contributed by atoms with Crippen LogP contribution in [0.5, 0.6) is 0 Å². The number of aryl methyl sites for hydroxylation is 1. The van der Waals surface area contributed by atoms with Crippen LogP contribution < -0.4 is 4.72 Å². The molecule has 0 unspecified atom stereocenters.